The number of benzene rings is 3. The number of hydrogen-bond donors (Lipinski definition) is 0. The number of methoxy groups -OCH3 is 2. The van der Waals surface area contributed by atoms with Crippen LogP contribution < -0.4 is 0 Å². The first-order valence-corrected chi connectivity index (χ1v) is 10.2. The molecule has 8 heteroatoms. The lowest BCUT2D eigenvalue weighted by molar-refractivity contribution is 0.0454. The van der Waals surface area contributed by atoms with Crippen LogP contribution in [0.4, 0.5) is 0 Å². The van der Waals surface area contributed by atoms with Crippen molar-refractivity contribution in [1.29, 1.82) is 0 Å². The Balaban J connectivity index is 1.63. The third-order valence-corrected chi connectivity index (χ3v) is 4.84. The molecular weight excluding hydrogens is 440 g/mol. The molecule has 0 saturated heterocycles. The minimum absolute atomic E-state index is 0.0543. The van der Waals surface area contributed by atoms with Crippen LogP contribution in [-0.2, 0) is 32.2 Å². The Morgan fingerprint density at radius 3 is 1.24 bits per heavy atom. The van der Waals surface area contributed by atoms with Crippen molar-refractivity contribution < 1.29 is 38.1 Å². The smallest absolute Gasteiger partial charge is 0.339 e. The van der Waals surface area contributed by atoms with Crippen molar-refractivity contribution in [1.82, 2.24) is 0 Å². The van der Waals surface area contributed by atoms with Crippen molar-refractivity contribution in [3.63, 3.8) is 0 Å². The number of carbonyl (C=O) groups excluding carboxylic acids is 4. The maximum Gasteiger partial charge on any atom is 0.339 e. The molecule has 0 unspecified atom stereocenters. The lowest BCUT2D eigenvalue weighted by Crippen LogP contribution is -2.13. The maximum atomic E-state index is 12.5. The van der Waals surface area contributed by atoms with Crippen LogP contribution in [0.5, 0.6) is 0 Å². The van der Waals surface area contributed by atoms with E-state index in [2.05, 4.69) is 0 Å². The normalized spacial score (nSPS) is 10.2. The number of ether oxygens (including phenoxy) is 4. The zero-order chi connectivity index (χ0) is 24.5. The predicted molar refractivity (Wildman–Crippen MR) is 120 cm³/mol. The summed E-state index contributed by atoms with van der Waals surface area (Å²) in [7, 11) is 2.47. The van der Waals surface area contributed by atoms with Crippen LogP contribution in [-0.4, -0.2) is 38.1 Å². The summed E-state index contributed by atoms with van der Waals surface area (Å²) in [4.78, 5) is 48.7. The second-order valence-electron chi connectivity index (χ2n) is 7.05. The Labute approximate surface area is 196 Å². The SMILES string of the molecule is COC(=O)c1ccccc1C(=O)OCc1cccc(COC(=O)c2ccccc2C(=O)OC)c1. The molecular formula is C26H22O8. The average Bonchev–Trinajstić information content (AvgIpc) is 2.89. The van der Waals surface area contributed by atoms with E-state index in [1.54, 1.807) is 48.5 Å². The first-order valence-electron chi connectivity index (χ1n) is 10.2. The Bertz CT molecular complexity index is 1120. The molecule has 0 atom stereocenters. The summed E-state index contributed by atoms with van der Waals surface area (Å²) in [6, 6.07) is 19.4. The van der Waals surface area contributed by atoms with E-state index in [1.165, 1.54) is 38.5 Å². The van der Waals surface area contributed by atoms with Crippen molar-refractivity contribution in [2.75, 3.05) is 14.2 Å². The quantitative estimate of drug-likeness (QED) is 0.366. The molecule has 34 heavy (non-hydrogen) atoms. The molecule has 0 aliphatic carbocycles. The third-order valence-electron chi connectivity index (χ3n) is 4.84. The highest BCUT2D eigenvalue weighted by molar-refractivity contribution is 6.03. The van der Waals surface area contributed by atoms with Crippen LogP contribution in [0.15, 0.2) is 72.8 Å². The molecule has 0 amide bonds. The van der Waals surface area contributed by atoms with E-state index < -0.39 is 23.9 Å². The molecule has 0 bridgehead atoms. The van der Waals surface area contributed by atoms with Crippen molar-refractivity contribution in [3.8, 4) is 0 Å². The molecule has 0 spiro atoms. The van der Waals surface area contributed by atoms with Gasteiger partial charge in [0, 0.05) is 0 Å². The molecule has 8 nitrogen and oxygen atoms in total. The maximum absolute atomic E-state index is 12.5. The number of rotatable bonds is 8. The monoisotopic (exact) mass is 462 g/mol. The lowest BCUT2D eigenvalue weighted by Gasteiger charge is -2.10. The fourth-order valence-electron chi connectivity index (χ4n) is 3.16. The molecule has 3 aromatic carbocycles. The summed E-state index contributed by atoms with van der Waals surface area (Å²) < 4.78 is 20.1. The van der Waals surface area contributed by atoms with Crippen LogP contribution in [0, 0.1) is 0 Å². The van der Waals surface area contributed by atoms with Gasteiger partial charge in [0.05, 0.1) is 36.5 Å². The van der Waals surface area contributed by atoms with Gasteiger partial charge in [-0.05, 0) is 41.5 Å². The molecule has 0 N–H and O–H groups in total. The van der Waals surface area contributed by atoms with Gasteiger partial charge in [-0.2, -0.15) is 0 Å². The highest BCUT2D eigenvalue weighted by Crippen LogP contribution is 2.16. The third kappa shape index (κ3) is 5.86. The second-order valence-corrected chi connectivity index (χ2v) is 7.05. The molecule has 0 saturated carbocycles. The van der Waals surface area contributed by atoms with Gasteiger partial charge in [-0.1, -0.05) is 42.5 Å². The van der Waals surface area contributed by atoms with E-state index in [1.807, 2.05) is 0 Å². The van der Waals surface area contributed by atoms with E-state index in [4.69, 9.17) is 18.9 Å². The first kappa shape index (κ1) is 24.2. The molecule has 0 heterocycles. The minimum atomic E-state index is -0.669. The average molecular weight is 462 g/mol. The van der Waals surface area contributed by atoms with Crippen LogP contribution in [0.3, 0.4) is 0 Å². The Morgan fingerprint density at radius 1 is 0.529 bits per heavy atom. The van der Waals surface area contributed by atoms with Gasteiger partial charge in [0.2, 0.25) is 0 Å². The molecule has 3 rings (SSSR count). The van der Waals surface area contributed by atoms with Gasteiger partial charge in [-0.3, -0.25) is 0 Å². The number of carbonyl (C=O) groups is 4. The molecule has 0 aliphatic heterocycles. The number of esters is 4. The van der Waals surface area contributed by atoms with Gasteiger partial charge in [0.1, 0.15) is 13.2 Å². The predicted octanol–water partition coefficient (Wildman–Crippen LogP) is 3.97. The van der Waals surface area contributed by atoms with E-state index >= 15 is 0 Å². The van der Waals surface area contributed by atoms with Gasteiger partial charge in [-0.25, -0.2) is 19.2 Å². The first-order chi connectivity index (χ1) is 16.4. The van der Waals surface area contributed by atoms with Gasteiger partial charge < -0.3 is 18.9 Å². The fourth-order valence-corrected chi connectivity index (χ4v) is 3.16. The summed E-state index contributed by atoms with van der Waals surface area (Å²) >= 11 is 0. The fraction of sp³-hybridized carbons (Fsp3) is 0.154. The lowest BCUT2D eigenvalue weighted by atomic mass is 10.1. The highest BCUT2D eigenvalue weighted by atomic mass is 16.5. The molecule has 174 valence electrons. The molecule has 0 radical (unpaired) electrons. The Morgan fingerprint density at radius 2 is 0.882 bits per heavy atom. The zero-order valence-electron chi connectivity index (χ0n) is 18.6. The van der Waals surface area contributed by atoms with Crippen molar-refractivity contribution >= 4 is 23.9 Å². The van der Waals surface area contributed by atoms with Gasteiger partial charge in [0.15, 0.2) is 0 Å². The topological polar surface area (TPSA) is 105 Å². The number of hydrogen-bond acceptors (Lipinski definition) is 8. The van der Waals surface area contributed by atoms with Crippen LogP contribution in [0.2, 0.25) is 0 Å². The van der Waals surface area contributed by atoms with E-state index in [9.17, 15) is 19.2 Å². The zero-order valence-corrected chi connectivity index (χ0v) is 18.6. The summed E-state index contributed by atoms with van der Waals surface area (Å²) in [5.74, 6) is -2.61. The van der Waals surface area contributed by atoms with Crippen molar-refractivity contribution in [2.45, 2.75) is 13.2 Å². The van der Waals surface area contributed by atoms with E-state index in [-0.39, 0.29) is 35.5 Å². The molecule has 0 aromatic heterocycles. The van der Waals surface area contributed by atoms with Gasteiger partial charge >= 0.3 is 23.9 Å². The highest BCUT2D eigenvalue weighted by Gasteiger charge is 2.19. The van der Waals surface area contributed by atoms with E-state index in [0.717, 1.165) is 0 Å². The van der Waals surface area contributed by atoms with Crippen LogP contribution in [0.1, 0.15) is 52.6 Å². The summed E-state index contributed by atoms with van der Waals surface area (Å²) in [6.07, 6.45) is 0. The van der Waals surface area contributed by atoms with Crippen molar-refractivity contribution in [3.05, 3.63) is 106 Å². The molecule has 3 aromatic rings. The largest absolute Gasteiger partial charge is 0.465 e. The minimum Gasteiger partial charge on any atom is -0.465 e. The standard InChI is InChI=1S/C26H22O8/c1-31-23(27)19-10-3-5-12-21(19)25(29)33-15-17-8-7-9-18(14-17)16-34-26(30)22-13-6-4-11-20(22)24(28)32-2/h3-14H,15-16H2,1-2H3. The Kier molecular flexibility index (Phi) is 8.12. The van der Waals surface area contributed by atoms with Gasteiger partial charge in [0.25, 0.3) is 0 Å². The molecule has 0 fully saturated rings. The summed E-state index contributed by atoms with van der Waals surface area (Å²) in [5, 5.41) is 0. The summed E-state index contributed by atoms with van der Waals surface area (Å²) in [5.41, 5.74) is 1.75. The Hall–Kier alpha value is -4.46. The molecule has 0 aliphatic rings. The van der Waals surface area contributed by atoms with Crippen LogP contribution >= 0.6 is 0 Å². The second kappa shape index (κ2) is 11.4. The van der Waals surface area contributed by atoms with Gasteiger partial charge in [-0.15, -0.1) is 0 Å². The summed E-state index contributed by atoms with van der Waals surface area (Å²) in [6.45, 7) is -0.109. The van der Waals surface area contributed by atoms with Crippen LogP contribution in [0.25, 0.3) is 0 Å². The van der Waals surface area contributed by atoms with Crippen molar-refractivity contribution in [2.24, 2.45) is 0 Å². The van der Waals surface area contributed by atoms with E-state index in [0.29, 0.717) is 11.1 Å².